The third kappa shape index (κ3) is 3.26. The molecule has 0 saturated carbocycles. The van der Waals surface area contributed by atoms with E-state index in [4.69, 9.17) is 22.1 Å². The molecule has 0 bridgehead atoms. The first-order chi connectivity index (χ1) is 8.58. The van der Waals surface area contributed by atoms with Crippen LogP contribution in [0.5, 0.6) is 5.75 Å². The molecule has 0 unspecified atom stereocenters. The second-order valence-electron chi connectivity index (χ2n) is 3.96. The molecular formula is C13H13BrClNOS. The Morgan fingerprint density at radius 3 is 2.78 bits per heavy atom. The molecule has 2 nitrogen and oxygen atoms in total. The van der Waals surface area contributed by atoms with Gasteiger partial charge < -0.3 is 10.5 Å². The van der Waals surface area contributed by atoms with Crippen LogP contribution in [0.3, 0.4) is 0 Å². The van der Waals surface area contributed by atoms with Gasteiger partial charge in [0.1, 0.15) is 12.4 Å². The number of hydrogen-bond acceptors (Lipinski definition) is 3. The molecule has 1 atom stereocenters. The van der Waals surface area contributed by atoms with Crippen molar-refractivity contribution in [2.75, 3.05) is 0 Å². The zero-order chi connectivity index (χ0) is 13.1. The maximum atomic E-state index is 6.16. The number of rotatable bonds is 4. The minimum Gasteiger partial charge on any atom is -0.486 e. The van der Waals surface area contributed by atoms with Crippen LogP contribution in [0, 0.1) is 0 Å². The smallest absolute Gasteiger partial charge is 0.138 e. The van der Waals surface area contributed by atoms with E-state index in [-0.39, 0.29) is 6.04 Å². The summed E-state index contributed by atoms with van der Waals surface area (Å²) in [5, 5.41) is 2.61. The van der Waals surface area contributed by atoms with Crippen LogP contribution in [0.1, 0.15) is 23.4 Å². The summed E-state index contributed by atoms with van der Waals surface area (Å²) in [5.41, 5.74) is 6.80. The van der Waals surface area contributed by atoms with Gasteiger partial charge in [0.25, 0.3) is 0 Å². The molecule has 2 aromatic rings. The Hall–Kier alpha value is -0.550. The van der Waals surface area contributed by atoms with Crippen molar-refractivity contribution in [2.24, 2.45) is 5.73 Å². The Labute approximate surface area is 124 Å². The van der Waals surface area contributed by atoms with Gasteiger partial charge in [-0.3, -0.25) is 0 Å². The highest BCUT2D eigenvalue weighted by Gasteiger charge is 2.07. The molecule has 0 amide bonds. The van der Waals surface area contributed by atoms with Gasteiger partial charge in [0.2, 0.25) is 0 Å². The van der Waals surface area contributed by atoms with Crippen molar-refractivity contribution in [3.05, 3.63) is 49.6 Å². The summed E-state index contributed by atoms with van der Waals surface area (Å²) >= 11 is 11.3. The van der Waals surface area contributed by atoms with E-state index in [0.717, 1.165) is 14.9 Å². The Morgan fingerprint density at radius 2 is 2.22 bits per heavy atom. The lowest BCUT2D eigenvalue weighted by atomic mass is 10.1. The lowest BCUT2D eigenvalue weighted by Crippen LogP contribution is -2.05. The Balaban J connectivity index is 2.08. The van der Waals surface area contributed by atoms with Crippen molar-refractivity contribution < 1.29 is 4.74 Å². The van der Waals surface area contributed by atoms with Crippen LogP contribution in [0.15, 0.2) is 34.1 Å². The van der Waals surface area contributed by atoms with Crippen molar-refractivity contribution in [1.82, 2.24) is 0 Å². The van der Waals surface area contributed by atoms with Crippen LogP contribution in [-0.4, -0.2) is 0 Å². The fourth-order valence-corrected chi connectivity index (χ4v) is 3.11. The monoisotopic (exact) mass is 345 g/mol. The van der Waals surface area contributed by atoms with Gasteiger partial charge in [0.15, 0.2) is 0 Å². The second-order valence-corrected chi connectivity index (χ2v) is 6.22. The number of nitrogens with two attached hydrogens (primary N) is 1. The quantitative estimate of drug-likeness (QED) is 0.866. The zero-order valence-electron chi connectivity index (χ0n) is 9.82. The molecule has 0 spiro atoms. The highest BCUT2D eigenvalue weighted by atomic mass is 79.9. The van der Waals surface area contributed by atoms with Crippen molar-refractivity contribution in [3.63, 3.8) is 0 Å². The van der Waals surface area contributed by atoms with Gasteiger partial charge in [-0.05, 0) is 52.0 Å². The first-order valence-electron chi connectivity index (χ1n) is 5.47. The summed E-state index contributed by atoms with van der Waals surface area (Å²) in [7, 11) is 0. The third-order valence-electron chi connectivity index (χ3n) is 2.53. The molecule has 1 aromatic heterocycles. The summed E-state index contributed by atoms with van der Waals surface area (Å²) in [4.78, 5) is 1.14. The van der Waals surface area contributed by atoms with Crippen LogP contribution < -0.4 is 10.5 Å². The minimum absolute atomic E-state index is 0.0250. The molecule has 0 fully saturated rings. The fourth-order valence-electron chi connectivity index (χ4n) is 1.49. The van der Waals surface area contributed by atoms with E-state index in [1.54, 1.807) is 11.3 Å². The summed E-state index contributed by atoms with van der Waals surface area (Å²) in [6, 6.07) is 7.63. The SMILES string of the molecule is C[C@H](N)c1ccc(OCc2sccc2Br)c(Cl)c1. The van der Waals surface area contributed by atoms with Gasteiger partial charge in [-0.2, -0.15) is 0 Å². The van der Waals surface area contributed by atoms with Gasteiger partial charge in [0.05, 0.1) is 9.90 Å². The summed E-state index contributed by atoms with van der Waals surface area (Å²) in [5.74, 6) is 0.682. The first kappa shape index (κ1) is 13.9. The van der Waals surface area contributed by atoms with E-state index < -0.39 is 0 Å². The van der Waals surface area contributed by atoms with Crippen molar-refractivity contribution in [1.29, 1.82) is 0 Å². The Bertz CT molecular complexity index is 542. The minimum atomic E-state index is -0.0250. The van der Waals surface area contributed by atoms with Crippen LogP contribution in [0.4, 0.5) is 0 Å². The van der Waals surface area contributed by atoms with Gasteiger partial charge in [-0.15, -0.1) is 11.3 Å². The number of thiophene rings is 1. The van der Waals surface area contributed by atoms with Crippen LogP contribution in [0.25, 0.3) is 0 Å². The largest absolute Gasteiger partial charge is 0.486 e. The lowest BCUT2D eigenvalue weighted by Gasteiger charge is -2.10. The normalized spacial score (nSPS) is 12.4. The van der Waals surface area contributed by atoms with E-state index >= 15 is 0 Å². The molecule has 2 rings (SSSR count). The summed E-state index contributed by atoms with van der Waals surface area (Å²) < 4.78 is 6.77. The molecule has 18 heavy (non-hydrogen) atoms. The molecule has 96 valence electrons. The van der Waals surface area contributed by atoms with E-state index in [2.05, 4.69) is 15.9 Å². The van der Waals surface area contributed by atoms with Gasteiger partial charge >= 0.3 is 0 Å². The van der Waals surface area contributed by atoms with E-state index in [1.807, 2.05) is 36.6 Å². The van der Waals surface area contributed by atoms with E-state index in [0.29, 0.717) is 17.4 Å². The average molecular weight is 347 g/mol. The topological polar surface area (TPSA) is 35.2 Å². The van der Waals surface area contributed by atoms with Crippen molar-refractivity contribution >= 4 is 38.9 Å². The molecule has 0 aliphatic heterocycles. The van der Waals surface area contributed by atoms with Crippen molar-refractivity contribution in [2.45, 2.75) is 19.6 Å². The Kier molecular flexibility index (Phi) is 4.67. The van der Waals surface area contributed by atoms with E-state index in [9.17, 15) is 0 Å². The molecular weight excluding hydrogens is 334 g/mol. The molecule has 2 N–H and O–H groups in total. The van der Waals surface area contributed by atoms with E-state index in [1.165, 1.54) is 0 Å². The number of halogens is 2. The molecule has 5 heteroatoms. The molecule has 1 heterocycles. The fraction of sp³-hybridized carbons (Fsp3) is 0.231. The maximum absolute atomic E-state index is 6.16. The molecule has 1 aromatic carbocycles. The molecule has 0 aliphatic carbocycles. The zero-order valence-corrected chi connectivity index (χ0v) is 13.0. The highest BCUT2D eigenvalue weighted by molar-refractivity contribution is 9.10. The lowest BCUT2D eigenvalue weighted by molar-refractivity contribution is 0.309. The van der Waals surface area contributed by atoms with Crippen LogP contribution in [-0.2, 0) is 6.61 Å². The summed E-state index contributed by atoms with van der Waals surface area (Å²) in [6.07, 6.45) is 0. The number of benzene rings is 1. The van der Waals surface area contributed by atoms with Gasteiger partial charge in [0, 0.05) is 10.5 Å². The third-order valence-corrected chi connectivity index (χ3v) is 4.73. The van der Waals surface area contributed by atoms with Crippen LogP contribution in [0.2, 0.25) is 5.02 Å². The second kappa shape index (κ2) is 6.06. The molecule has 0 radical (unpaired) electrons. The number of ether oxygens (including phenoxy) is 1. The first-order valence-corrected chi connectivity index (χ1v) is 7.52. The summed E-state index contributed by atoms with van der Waals surface area (Å²) in [6.45, 7) is 2.43. The predicted octanol–water partition coefficient (Wildman–Crippen LogP) is 4.76. The molecule has 0 saturated heterocycles. The van der Waals surface area contributed by atoms with Gasteiger partial charge in [-0.25, -0.2) is 0 Å². The molecule has 0 aliphatic rings. The van der Waals surface area contributed by atoms with Gasteiger partial charge in [-0.1, -0.05) is 17.7 Å². The van der Waals surface area contributed by atoms with Crippen molar-refractivity contribution in [3.8, 4) is 5.75 Å². The van der Waals surface area contributed by atoms with Crippen LogP contribution >= 0.6 is 38.9 Å². The maximum Gasteiger partial charge on any atom is 0.138 e. The standard InChI is InChI=1S/C13H13BrClNOS/c1-8(16)9-2-3-12(11(15)6-9)17-7-13-10(14)4-5-18-13/h2-6,8H,7,16H2,1H3/t8-/m0/s1. The number of hydrogen-bond donors (Lipinski definition) is 1. The average Bonchev–Trinajstić information content (AvgIpc) is 2.73. The Morgan fingerprint density at radius 1 is 1.44 bits per heavy atom. The predicted molar refractivity (Wildman–Crippen MR) is 80.4 cm³/mol. The highest BCUT2D eigenvalue weighted by Crippen LogP contribution is 2.30.